The number of thiazole rings is 1. The van der Waals surface area contributed by atoms with E-state index in [1.807, 2.05) is 34.0 Å². The minimum absolute atomic E-state index is 0.0883. The van der Waals surface area contributed by atoms with Crippen LogP contribution in [-0.4, -0.2) is 36.5 Å². The summed E-state index contributed by atoms with van der Waals surface area (Å²) in [5.41, 5.74) is 3.56. The van der Waals surface area contributed by atoms with Gasteiger partial charge in [0, 0.05) is 30.5 Å². The Morgan fingerprint density at radius 1 is 0.944 bits per heavy atom. The fourth-order valence-corrected chi connectivity index (χ4v) is 7.67. The number of hydrogen-bond acceptors (Lipinski definition) is 7. The van der Waals surface area contributed by atoms with Gasteiger partial charge in [0.05, 0.1) is 27.2 Å². The molecule has 2 aromatic carbocycles. The molecule has 0 unspecified atom stereocenters. The third-order valence-corrected chi connectivity index (χ3v) is 10.2. The van der Waals surface area contributed by atoms with Gasteiger partial charge in [0.25, 0.3) is 0 Å². The maximum absolute atomic E-state index is 13.6. The number of thiophene rings is 1. The van der Waals surface area contributed by atoms with Crippen molar-refractivity contribution in [2.24, 2.45) is 5.10 Å². The summed E-state index contributed by atoms with van der Waals surface area (Å²) < 4.78 is 40.8. The zero-order chi connectivity index (χ0) is 24.7. The topological polar surface area (TPSA) is 65.9 Å². The molecule has 4 heterocycles. The zero-order valence-electron chi connectivity index (χ0n) is 19.2. The Morgan fingerprint density at radius 2 is 1.69 bits per heavy atom. The molecule has 184 valence electrons. The second kappa shape index (κ2) is 9.51. The Bertz CT molecular complexity index is 1490. The van der Waals surface area contributed by atoms with Crippen molar-refractivity contribution in [3.8, 4) is 11.3 Å². The van der Waals surface area contributed by atoms with Gasteiger partial charge in [-0.15, -0.1) is 22.7 Å². The number of hydrogen-bond donors (Lipinski definition) is 0. The Morgan fingerprint density at radius 3 is 2.39 bits per heavy atom. The number of sulfonamides is 1. The highest BCUT2D eigenvalue weighted by Crippen LogP contribution is 2.40. The molecule has 2 aliphatic rings. The van der Waals surface area contributed by atoms with Crippen LogP contribution in [0.4, 0.5) is 9.52 Å². The summed E-state index contributed by atoms with van der Waals surface area (Å²) in [6.07, 6.45) is 2.51. The van der Waals surface area contributed by atoms with Crippen molar-refractivity contribution < 1.29 is 12.8 Å². The molecule has 1 atom stereocenters. The number of benzene rings is 2. The van der Waals surface area contributed by atoms with Crippen molar-refractivity contribution in [1.82, 2.24) is 9.29 Å². The summed E-state index contributed by atoms with van der Waals surface area (Å²) in [7, 11) is -3.45. The van der Waals surface area contributed by atoms with Crippen molar-refractivity contribution in [1.29, 1.82) is 0 Å². The molecule has 1 saturated heterocycles. The lowest BCUT2D eigenvalue weighted by Gasteiger charge is -2.21. The predicted octanol–water partition coefficient (Wildman–Crippen LogP) is 6.15. The number of hydrazone groups is 1. The van der Waals surface area contributed by atoms with E-state index in [-0.39, 0.29) is 11.9 Å². The van der Waals surface area contributed by atoms with Crippen LogP contribution in [-0.2, 0) is 10.0 Å². The Hall–Kier alpha value is -2.92. The summed E-state index contributed by atoms with van der Waals surface area (Å²) >= 11 is 3.13. The standard InChI is InChI=1S/C26H23FN4O2S3/c27-20-9-5-19(6-10-20)24-16-22(25-4-3-15-34-25)29-31(24)26-28-23(17-35-26)18-7-11-21(12-8-18)36(32,33)30-13-1-2-14-30/h3-12,15,17,24H,1-2,13-14,16H2/t24-/m1/s1. The highest BCUT2D eigenvalue weighted by Gasteiger charge is 2.32. The van der Waals surface area contributed by atoms with E-state index in [1.54, 1.807) is 39.9 Å². The highest BCUT2D eigenvalue weighted by molar-refractivity contribution is 7.89. The van der Waals surface area contributed by atoms with E-state index in [2.05, 4.69) is 6.07 Å². The fourth-order valence-electron chi connectivity index (χ4n) is 4.60. The Labute approximate surface area is 217 Å². The van der Waals surface area contributed by atoms with Gasteiger partial charge in [0.2, 0.25) is 15.2 Å². The van der Waals surface area contributed by atoms with Gasteiger partial charge in [-0.05, 0) is 54.1 Å². The van der Waals surface area contributed by atoms with Gasteiger partial charge in [-0.2, -0.15) is 9.41 Å². The summed E-state index contributed by atoms with van der Waals surface area (Å²) in [5.74, 6) is -0.269. The van der Waals surface area contributed by atoms with Crippen molar-refractivity contribution in [2.75, 3.05) is 18.1 Å². The summed E-state index contributed by atoms with van der Waals surface area (Å²) in [6, 6.07) is 17.5. The number of nitrogens with zero attached hydrogens (tertiary/aromatic N) is 4. The largest absolute Gasteiger partial charge is 0.243 e. The number of anilines is 1. The Balaban J connectivity index is 1.29. The molecule has 6 nitrogen and oxygen atoms in total. The van der Waals surface area contributed by atoms with Crippen LogP contribution < -0.4 is 5.01 Å². The van der Waals surface area contributed by atoms with Crippen molar-refractivity contribution in [3.63, 3.8) is 0 Å². The van der Waals surface area contributed by atoms with Crippen molar-refractivity contribution >= 4 is 43.5 Å². The van der Waals surface area contributed by atoms with E-state index in [4.69, 9.17) is 10.1 Å². The first-order valence-electron chi connectivity index (χ1n) is 11.7. The predicted molar refractivity (Wildman–Crippen MR) is 143 cm³/mol. The van der Waals surface area contributed by atoms with E-state index < -0.39 is 10.0 Å². The van der Waals surface area contributed by atoms with Crippen LogP contribution in [0, 0.1) is 5.82 Å². The number of halogens is 1. The quantitative estimate of drug-likeness (QED) is 0.295. The maximum atomic E-state index is 13.6. The molecular formula is C26H23FN4O2S3. The third kappa shape index (κ3) is 4.39. The van der Waals surface area contributed by atoms with Gasteiger partial charge >= 0.3 is 0 Å². The van der Waals surface area contributed by atoms with Crippen LogP contribution >= 0.6 is 22.7 Å². The van der Waals surface area contributed by atoms with E-state index in [0.29, 0.717) is 24.4 Å². The average molecular weight is 539 g/mol. The molecule has 4 aromatic rings. The summed E-state index contributed by atoms with van der Waals surface area (Å²) in [5, 5.41) is 11.6. The third-order valence-electron chi connectivity index (χ3n) is 6.51. The molecule has 36 heavy (non-hydrogen) atoms. The lowest BCUT2D eigenvalue weighted by atomic mass is 10.0. The molecule has 0 amide bonds. The van der Waals surface area contributed by atoms with E-state index in [0.717, 1.165) is 45.4 Å². The molecule has 0 saturated carbocycles. The molecule has 0 spiro atoms. The van der Waals surface area contributed by atoms with Gasteiger partial charge < -0.3 is 0 Å². The first-order chi connectivity index (χ1) is 17.5. The van der Waals surface area contributed by atoms with Crippen LogP contribution in [0.3, 0.4) is 0 Å². The van der Waals surface area contributed by atoms with Crippen LogP contribution in [0.1, 0.15) is 35.7 Å². The molecule has 0 bridgehead atoms. The molecule has 1 fully saturated rings. The molecule has 10 heteroatoms. The average Bonchev–Trinajstić information content (AvgIpc) is 3.70. The minimum Gasteiger partial charge on any atom is -0.231 e. The SMILES string of the molecule is O=S(=O)(c1ccc(-c2csc(N3N=C(c4cccs4)C[C@@H]3c3ccc(F)cc3)n2)cc1)N1CCCC1. The summed E-state index contributed by atoms with van der Waals surface area (Å²) in [6.45, 7) is 1.16. The maximum Gasteiger partial charge on any atom is 0.243 e. The highest BCUT2D eigenvalue weighted by atomic mass is 32.2. The van der Waals surface area contributed by atoms with Crippen molar-refractivity contribution in [2.45, 2.75) is 30.2 Å². The monoisotopic (exact) mass is 538 g/mol. The van der Waals surface area contributed by atoms with Crippen molar-refractivity contribution in [3.05, 3.63) is 87.7 Å². The summed E-state index contributed by atoms with van der Waals surface area (Å²) in [4.78, 5) is 6.27. The fraction of sp³-hybridized carbons (Fsp3) is 0.231. The minimum atomic E-state index is -3.45. The molecule has 6 rings (SSSR count). The normalized spacial score (nSPS) is 18.6. The first kappa shape index (κ1) is 23.5. The van der Waals surface area contributed by atoms with Gasteiger partial charge in [0.1, 0.15) is 5.82 Å². The Kier molecular flexibility index (Phi) is 6.20. The zero-order valence-corrected chi connectivity index (χ0v) is 21.7. The van der Waals surface area contributed by atoms with E-state index in [1.165, 1.54) is 23.5 Å². The molecule has 2 aliphatic heterocycles. The van der Waals surface area contributed by atoms with Crippen LogP contribution in [0.15, 0.2) is 81.4 Å². The van der Waals surface area contributed by atoms with Gasteiger partial charge in [0.15, 0.2) is 0 Å². The molecule has 0 N–H and O–H groups in total. The molecular weight excluding hydrogens is 516 g/mol. The van der Waals surface area contributed by atoms with Crippen LogP contribution in [0.25, 0.3) is 11.3 Å². The second-order valence-corrected chi connectivity index (χ2v) is 12.5. The molecule has 0 radical (unpaired) electrons. The van der Waals surface area contributed by atoms with Crippen LogP contribution in [0.5, 0.6) is 0 Å². The van der Waals surface area contributed by atoms with Gasteiger partial charge in [-0.3, -0.25) is 0 Å². The number of aromatic nitrogens is 1. The van der Waals surface area contributed by atoms with Crippen LogP contribution in [0.2, 0.25) is 0 Å². The van der Waals surface area contributed by atoms with E-state index >= 15 is 0 Å². The smallest absolute Gasteiger partial charge is 0.231 e. The lowest BCUT2D eigenvalue weighted by molar-refractivity contribution is 0.477. The van der Waals surface area contributed by atoms with Gasteiger partial charge in [-0.1, -0.05) is 30.3 Å². The molecule has 0 aliphatic carbocycles. The van der Waals surface area contributed by atoms with Gasteiger partial charge in [-0.25, -0.2) is 22.8 Å². The lowest BCUT2D eigenvalue weighted by Crippen LogP contribution is -2.27. The molecule has 2 aromatic heterocycles. The first-order valence-corrected chi connectivity index (χ1v) is 14.9. The van der Waals surface area contributed by atoms with E-state index in [9.17, 15) is 12.8 Å². The second-order valence-electron chi connectivity index (χ2n) is 8.79. The number of rotatable bonds is 6.